The first-order chi connectivity index (χ1) is 13.5. The van der Waals surface area contributed by atoms with E-state index in [2.05, 4.69) is 24.2 Å². The van der Waals surface area contributed by atoms with E-state index in [1.807, 2.05) is 12.1 Å². The summed E-state index contributed by atoms with van der Waals surface area (Å²) < 4.78 is 5.74. The summed E-state index contributed by atoms with van der Waals surface area (Å²) in [6.07, 6.45) is 2.49. The summed E-state index contributed by atoms with van der Waals surface area (Å²) in [7, 11) is 2.11. The molecular formula is C22H27N3O3. The summed E-state index contributed by atoms with van der Waals surface area (Å²) in [4.78, 5) is 26.3. The van der Waals surface area contributed by atoms with Crippen LogP contribution >= 0.6 is 0 Å². The molecular weight excluding hydrogens is 354 g/mol. The van der Waals surface area contributed by atoms with E-state index in [9.17, 15) is 9.59 Å². The van der Waals surface area contributed by atoms with Gasteiger partial charge in [0, 0.05) is 24.2 Å². The Morgan fingerprint density at radius 1 is 1.21 bits per heavy atom. The minimum Gasteiger partial charge on any atom is -0.488 e. The number of para-hydroxylation sites is 1. The molecule has 0 aliphatic heterocycles. The van der Waals surface area contributed by atoms with Crippen molar-refractivity contribution in [2.75, 3.05) is 13.6 Å². The molecule has 6 heteroatoms. The number of likely N-dealkylation sites (N-methyl/N-ethyl adjacent to an activating group) is 1. The van der Waals surface area contributed by atoms with Crippen molar-refractivity contribution in [2.24, 2.45) is 5.73 Å². The highest BCUT2D eigenvalue weighted by atomic mass is 16.5. The topological polar surface area (TPSA) is 84.7 Å². The summed E-state index contributed by atoms with van der Waals surface area (Å²) in [5, 5.41) is 3.00. The Balaban J connectivity index is 1.57. The van der Waals surface area contributed by atoms with E-state index in [1.165, 1.54) is 12.8 Å². The van der Waals surface area contributed by atoms with E-state index in [-0.39, 0.29) is 12.5 Å². The van der Waals surface area contributed by atoms with Gasteiger partial charge in [-0.25, -0.2) is 0 Å². The van der Waals surface area contributed by atoms with E-state index in [0.29, 0.717) is 35.5 Å². The highest BCUT2D eigenvalue weighted by Gasteiger charge is 2.29. The number of amides is 2. The monoisotopic (exact) mass is 381 g/mol. The minimum absolute atomic E-state index is 0.101. The quantitative estimate of drug-likeness (QED) is 0.699. The maximum Gasteiger partial charge on any atom is 0.252 e. The fraction of sp³-hybridized carbons (Fsp3) is 0.364. The normalized spacial score (nSPS) is 14.5. The Morgan fingerprint density at radius 2 is 1.96 bits per heavy atom. The Labute approximate surface area is 165 Å². The van der Waals surface area contributed by atoms with Crippen LogP contribution in [0.1, 0.15) is 46.0 Å². The molecule has 0 spiro atoms. The Morgan fingerprint density at radius 3 is 2.68 bits per heavy atom. The maximum atomic E-state index is 12.5. The largest absolute Gasteiger partial charge is 0.488 e. The van der Waals surface area contributed by atoms with Crippen LogP contribution in [0.15, 0.2) is 48.5 Å². The van der Waals surface area contributed by atoms with Gasteiger partial charge >= 0.3 is 0 Å². The number of carbonyl (C=O) groups excluding carboxylic acids is 2. The zero-order valence-electron chi connectivity index (χ0n) is 16.4. The van der Waals surface area contributed by atoms with Crippen LogP contribution in [0.5, 0.6) is 5.75 Å². The number of nitrogens with two attached hydrogens (primary N) is 1. The van der Waals surface area contributed by atoms with Crippen LogP contribution in [0, 0.1) is 0 Å². The molecule has 3 rings (SSSR count). The average molecular weight is 381 g/mol. The van der Waals surface area contributed by atoms with Crippen molar-refractivity contribution in [3.63, 3.8) is 0 Å². The number of hydrogen-bond donors (Lipinski definition) is 2. The standard InChI is InChI=1S/C22H27N3O3/c1-15(25(2)18-10-11-18)13-24-22(27)17-7-5-6-16(12-17)14-28-20-9-4-3-8-19(20)21(23)26/h3-9,12,15,18H,10-11,13-14H2,1-2H3,(H2,23,26)(H,24,27). The average Bonchev–Trinajstić information content (AvgIpc) is 3.55. The zero-order valence-corrected chi connectivity index (χ0v) is 16.4. The lowest BCUT2D eigenvalue weighted by Gasteiger charge is -2.24. The summed E-state index contributed by atoms with van der Waals surface area (Å²) in [5.74, 6) is -0.203. The molecule has 1 unspecified atom stereocenters. The number of carbonyl (C=O) groups is 2. The first-order valence-corrected chi connectivity index (χ1v) is 9.56. The molecule has 1 saturated carbocycles. The number of nitrogens with one attached hydrogen (secondary N) is 1. The van der Waals surface area contributed by atoms with Crippen LogP contribution in [0.25, 0.3) is 0 Å². The molecule has 2 aromatic rings. The second-order valence-corrected chi connectivity index (χ2v) is 7.31. The first-order valence-electron chi connectivity index (χ1n) is 9.56. The molecule has 2 aromatic carbocycles. The van der Waals surface area contributed by atoms with Gasteiger partial charge in [-0.2, -0.15) is 0 Å². The van der Waals surface area contributed by atoms with Gasteiger partial charge in [-0.1, -0.05) is 24.3 Å². The van der Waals surface area contributed by atoms with Crippen molar-refractivity contribution in [3.05, 3.63) is 65.2 Å². The fourth-order valence-electron chi connectivity index (χ4n) is 3.09. The zero-order chi connectivity index (χ0) is 20.1. The lowest BCUT2D eigenvalue weighted by Crippen LogP contribution is -2.41. The number of benzene rings is 2. The molecule has 1 aliphatic carbocycles. The molecule has 1 atom stereocenters. The molecule has 3 N–H and O–H groups in total. The predicted molar refractivity (Wildman–Crippen MR) is 108 cm³/mol. The third kappa shape index (κ3) is 5.10. The molecule has 0 radical (unpaired) electrons. The van der Waals surface area contributed by atoms with Crippen LogP contribution in [0.2, 0.25) is 0 Å². The molecule has 6 nitrogen and oxygen atoms in total. The van der Waals surface area contributed by atoms with Gasteiger partial charge in [0.05, 0.1) is 5.56 Å². The van der Waals surface area contributed by atoms with Crippen LogP contribution in [-0.2, 0) is 6.61 Å². The number of primary amides is 1. The van der Waals surface area contributed by atoms with E-state index >= 15 is 0 Å². The predicted octanol–water partition coefficient (Wildman–Crippen LogP) is 2.58. The van der Waals surface area contributed by atoms with Gasteiger partial charge in [0.25, 0.3) is 11.8 Å². The van der Waals surface area contributed by atoms with Crippen molar-refractivity contribution < 1.29 is 14.3 Å². The minimum atomic E-state index is -0.533. The summed E-state index contributed by atoms with van der Waals surface area (Å²) >= 11 is 0. The Hall–Kier alpha value is -2.86. The fourth-order valence-corrected chi connectivity index (χ4v) is 3.09. The molecule has 148 valence electrons. The van der Waals surface area contributed by atoms with Gasteiger partial charge < -0.3 is 15.8 Å². The van der Waals surface area contributed by atoms with Gasteiger partial charge in [-0.3, -0.25) is 14.5 Å². The molecule has 0 aromatic heterocycles. The van der Waals surface area contributed by atoms with Gasteiger partial charge in [0.15, 0.2) is 0 Å². The Kier molecular flexibility index (Phi) is 6.31. The molecule has 1 aliphatic rings. The van der Waals surface area contributed by atoms with Crippen molar-refractivity contribution in [3.8, 4) is 5.75 Å². The molecule has 0 bridgehead atoms. The van der Waals surface area contributed by atoms with Gasteiger partial charge in [-0.15, -0.1) is 0 Å². The molecule has 1 fully saturated rings. The van der Waals surface area contributed by atoms with Crippen LogP contribution in [0.4, 0.5) is 0 Å². The van der Waals surface area contributed by atoms with E-state index in [1.54, 1.807) is 36.4 Å². The van der Waals surface area contributed by atoms with Crippen molar-refractivity contribution in [1.29, 1.82) is 0 Å². The van der Waals surface area contributed by atoms with E-state index < -0.39 is 5.91 Å². The summed E-state index contributed by atoms with van der Waals surface area (Å²) in [6, 6.07) is 15.1. The summed E-state index contributed by atoms with van der Waals surface area (Å²) in [5.41, 5.74) is 7.14. The SMILES string of the molecule is CC(CNC(=O)c1cccc(COc2ccccc2C(N)=O)c1)N(C)C1CC1. The summed E-state index contributed by atoms with van der Waals surface area (Å²) in [6.45, 7) is 2.98. The number of ether oxygens (including phenoxy) is 1. The third-order valence-corrected chi connectivity index (χ3v) is 5.11. The van der Waals surface area contributed by atoms with E-state index in [4.69, 9.17) is 10.5 Å². The van der Waals surface area contributed by atoms with E-state index in [0.717, 1.165) is 5.56 Å². The molecule has 2 amide bonds. The maximum absolute atomic E-state index is 12.5. The number of rotatable bonds is 9. The van der Waals surface area contributed by atoms with Gasteiger partial charge in [0.1, 0.15) is 12.4 Å². The van der Waals surface area contributed by atoms with Crippen LogP contribution in [0.3, 0.4) is 0 Å². The molecule has 0 saturated heterocycles. The molecule has 0 heterocycles. The second kappa shape index (κ2) is 8.89. The second-order valence-electron chi connectivity index (χ2n) is 7.31. The highest BCUT2D eigenvalue weighted by Crippen LogP contribution is 2.26. The van der Waals surface area contributed by atoms with Crippen molar-refractivity contribution >= 4 is 11.8 Å². The van der Waals surface area contributed by atoms with Crippen LogP contribution < -0.4 is 15.8 Å². The number of hydrogen-bond acceptors (Lipinski definition) is 4. The molecule has 28 heavy (non-hydrogen) atoms. The third-order valence-electron chi connectivity index (χ3n) is 5.11. The first kappa shape index (κ1) is 19.9. The van der Waals surface area contributed by atoms with Gasteiger partial charge in [0.2, 0.25) is 0 Å². The van der Waals surface area contributed by atoms with Crippen molar-refractivity contribution in [2.45, 2.75) is 38.5 Å². The lowest BCUT2D eigenvalue weighted by molar-refractivity contribution is 0.0938. The Bertz CT molecular complexity index is 848. The smallest absolute Gasteiger partial charge is 0.252 e. The van der Waals surface area contributed by atoms with Gasteiger partial charge in [-0.05, 0) is 56.6 Å². The van der Waals surface area contributed by atoms with Crippen molar-refractivity contribution in [1.82, 2.24) is 10.2 Å². The lowest BCUT2D eigenvalue weighted by atomic mass is 10.1. The highest BCUT2D eigenvalue weighted by molar-refractivity contribution is 5.95. The number of nitrogens with zero attached hydrogens (tertiary/aromatic N) is 1. The van der Waals surface area contributed by atoms with Crippen LogP contribution in [-0.4, -0.2) is 42.4 Å².